The Labute approximate surface area is 136 Å². The Morgan fingerprint density at radius 3 is 2.48 bits per heavy atom. The summed E-state index contributed by atoms with van der Waals surface area (Å²) >= 11 is 0. The first kappa shape index (κ1) is 14.0. The number of anilines is 1. The third-order valence-corrected chi connectivity index (χ3v) is 4.97. The van der Waals surface area contributed by atoms with E-state index < -0.39 is 0 Å². The minimum absolute atomic E-state index is 0.0371. The van der Waals surface area contributed by atoms with Crippen LogP contribution in [0.25, 0.3) is 10.8 Å². The molecule has 0 saturated carbocycles. The molecular weight excluding hydrogens is 282 g/mol. The lowest BCUT2D eigenvalue weighted by Gasteiger charge is -2.12. The summed E-state index contributed by atoms with van der Waals surface area (Å²) in [5, 5.41) is 5.59. The van der Waals surface area contributed by atoms with Crippen LogP contribution in [0.4, 0.5) is 5.69 Å². The van der Waals surface area contributed by atoms with Crippen molar-refractivity contribution in [2.45, 2.75) is 26.7 Å². The number of carbonyl (C=O) groups is 1. The highest BCUT2D eigenvalue weighted by atomic mass is 16.1. The average molecular weight is 301 g/mol. The molecule has 1 aliphatic rings. The van der Waals surface area contributed by atoms with E-state index >= 15 is 0 Å². The third-order valence-electron chi connectivity index (χ3n) is 4.97. The van der Waals surface area contributed by atoms with Crippen LogP contribution in [0.2, 0.25) is 0 Å². The molecule has 0 radical (unpaired) electrons. The lowest BCUT2D eigenvalue weighted by molar-refractivity contribution is 0.102. The molecule has 3 aromatic rings. The molecule has 0 atom stereocenters. The topological polar surface area (TPSA) is 29.1 Å². The lowest BCUT2D eigenvalue weighted by atomic mass is 10.0. The van der Waals surface area contributed by atoms with Gasteiger partial charge in [-0.1, -0.05) is 36.4 Å². The van der Waals surface area contributed by atoms with Crippen molar-refractivity contribution in [1.82, 2.24) is 0 Å². The highest BCUT2D eigenvalue weighted by molar-refractivity contribution is 6.11. The van der Waals surface area contributed by atoms with Gasteiger partial charge in [-0.25, -0.2) is 0 Å². The second-order valence-electron chi connectivity index (χ2n) is 6.31. The van der Waals surface area contributed by atoms with Gasteiger partial charge in [0.15, 0.2) is 0 Å². The Morgan fingerprint density at radius 1 is 0.913 bits per heavy atom. The highest BCUT2D eigenvalue weighted by Crippen LogP contribution is 2.35. The fraction of sp³-hybridized carbons (Fsp3) is 0.190. The summed E-state index contributed by atoms with van der Waals surface area (Å²) in [6, 6.07) is 16.4. The van der Waals surface area contributed by atoms with Crippen molar-refractivity contribution in [1.29, 1.82) is 0 Å². The van der Waals surface area contributed by atoms with Gasteiger partial charge < -0.3 is 5.32 Å². The zero-order valence-electron chi connectivity index (χ0n) is 13.4. The van der Waals surface area contributed by atoms with E-state index in [0.29, 0.717) is 0 Å². The predicted octanol–water partition coefficient (Wildman–Crippen LogP) is 4.81. The molecule has 4 rings (SSSR count). The molecule has 0 unspecified atom stereocenters. The molecule has 1 aliphatic carbocycles. The van der Waals surface area contributed by atoms with E-state index in [1.807, 2.05) is 38.1 Å². The standard InChI is InChI=1S/C21H19NO/c1-13-5-3-7-17(14(13)2)21(23)22-19-12-11-16-10-9-15-6-4-8-18(19)20(15)16/h3-8,11-12H,9-10H2,1-2H3,(H,22,23). The molecule has 3 aromatic carbocycles. The number of nitrogens with one attached hydrogen (secondary N) is 1. The first-order valence-corrected chi connectivity index (χ1v) is 8.06. The summed E-state index contributed by atoms with van der Waals surface area (Å²) in [6.07, 6.45) is 2.20. The van der Waals surface area contributed by atoms with Gasteiger partial charge in [-0.2, -0.15) is 0 Å². The van der Waals surface area contributed by atoms with Crippen molar-refractivity contribution in [3.63, 3.8) is 0 Å². The Bertz CT molecular complexity index is 930. The van der Waals surface area contributed by atoms with Crippen molar-refractivity contribution in [3.8, 4) is 0 Å². The van der Waals surface area contributed by atoms with Crippen LogP contribution in [-0.2, 0) is 12.8 Å². The quantitative estimate of drug-likeness (QED) is 0.723. The van der Waals surface area contributed by atoms with E-state index in [-0.39, 0.29) is 5.91 Å². The molecule has 1 amide bonds. The predicted molar refractivity (Wildman–Crippen MR) is 95.2 cm³/mol. The Balaban J connectivity index is 1.77. The van der Waals surface area contributed by atoms with Crippen LogP contribution in [0.3, 0.4) is 0 Å². The maximum atomic E-state index is 12.7. The van der Waals surface area contributed by atoms with Gasteiger partial charge in [-0.05, 0) is 66.5 Å². The first-order chi connectivity index (χ1) is 11.1. The summed E-state index contributed by atoms with van der Waals surface area (Å²) in [5.74, 6) is -0.0371. The summed E-state index contributed by atoms with van der Waals surface area (Å²) in [4.78, 5) is 12.7. The van der Waals surface area contributed by atoms with Crippen molar-refractivity contribution in [3.05, 3.63) is 76.3 Å². The van der Waals surface area contributed by atoms with Crippen molar-refractivity contribution in [2.24, 2.45) is 0 Å². The van der Waals surface area contributed by atoms with Crippen molar-refractivity contribution < 1.29 is 4.79 Å². The van der Waals surface area contributed by atoms with E-state index in [1.165, 1.54) is 16.5 Å². The minimum atomic E-state index is -0.0371. The molecule has 0 spiro atoms. The van der Waals surface area contributed by atoms with Gasteiger partial charge in [-0.15, -0.1) is 0 Å². The molecule has 0 heterocycles. The van der Waals surface area contributed by atoms with Gasteiger partial charge in [0.25, 0.3) is 5.91 Å². The normalized spacial score (nSPS) is 12.6. The number of hydrogen-bond acceptors (Lipinski definition) is 1. The maximum Gasteiger partial charge on any atom is 0.255 e. The van der Waals surface area contributed by atoms with Crippen LogP contribution < -0.4 is 5.32 Å². The van der Waals surface area contributed by atoms with Gasteiger partial charge in [0.05, 0.1) is 0 Å². The molecule has 0 aromatic heterocycles. The van der Waals surface area contributed by atoms with Crippen molar-refractivity contribution >= 4 is 22.4 Å². The van der Waals surface area contributed by atoms with Gasteiger partial charge in [-0.3, -0.25) is 4.79 Å². The van der Waals surface area contributed by atoms with Crippen LogP contribution >= 0.6 is 0 Å². The second kappa shape index (κ2) is 5.24. The summed E-state index contributed by atoms with van der Waals surface area (Å²) in [7, 11) is 0. The number of aryl methyl sites for hydroxylation is 3. The number of rotatable bonds is 2. The summed E-state index contributed by atoms with van der Waals surface area (Å²) < 4.78 is 0. The van der Waals surface area contributed by atoms with E-state index in [0.717, 1.165) is 40.6 Å². The second-order valence-corrected chi connectivity index (χ2v) is 6.31. The molecule has 114 valence electrons. The summed E-state index contributed by atoms with van der Waals surface area (Å²) in [6.45, 7) is 4.03. The van der Waals surface area contributed by atoms with E-state index in [2.05, 4.69) is 29.6 Å². The lowest BCUT2D eigenvalue weighted by Crippen LogP contribution is -2.14. The van der Waals surface area contributed by atoms with Crippen molar-refractivity contribution in [2.75, 3.05) is 5.32 Å². The molecule has 0 saturated heterocycles. The summed E-state index contributed by atoms with van der Waals surface area (Å²) in [5.41, 5.74) is 6.60. The van der Waals surface area contributed by atoms with Crippen LogP contribution in [0.5, 0.6) is 0 Å². The zero-order valence-corrected chi connectivity index (χ0v) is 13.4. The van der Waals surface area contributed by atoms with Gasteiger partial charge >= 0.3 is 0 Å². The maximum absolute atomic E-state index is 12.7. The van der Waals surface area contributed by atoms with Gasteiger partial charge in [0.1, 0.15) is 0 Å². The molecule has 1 N–H and O–H groups in total. The average Bonchev–Trinajstić information content (AvgIpc) is 2.97. The van der Waals surface area contributed by atoms with E-state index in [4.69, 9.17) is 0 Å². The Kier molecular flexibility index (Phi) is 3.19. The third kappa shape index (κ3) is 2.22. The van der Waals surface area contributed by atoms with Crippen LogP contribution in [0.15, 0.2) is 48.5 Å². The minimum Gasteiger partial charge on any atom is -0.321 e. The van der Waals surface area contributed by atoms with Crippen LogP contribution in [-0.4, -0.2) is 5.91 Å². The fourth-order valence-corrected chi connectivity index (χ4v) is 3.54. The highest BCUT2D eigenvalue weighted by Gasteiger charge is 2.17. The molecule has 23 heavy (non-hydrogen) atoms. The number of amides is 1. The van der Waals surface area contributed by atoms with Gasteiger partial charge in [0, 0.05) is 16.6 Å². The van der Waals surface area contributed by atoms with Crippen LogP contribution in [0, 0.1) is 13.8 Å². The fourth-order valence-electron chi connectivity index (χ4n) is 3.54. The molecular formula is C21H19NO. The smallest absolute Gasteiger partial charge is 0.255 e. The van der Waals surface area contributed by atoms with Crippen LogP contribution in [0.1, 0.15) is 32.6 Å². The number of benzene rings is 3. The van der Waals surface area contributed by atoms with E-state index in [1.54, 1.807) is 0 Å². The largest absolute Gasteiger partial charge is 0.321 e. The number of carbonyl (C=O) groups excluding carboxylic acids is 1. The molecule has 0 fully saturated rings. The molecule has 0 aliphatic heterocycles. The SMILES string of the molecule is Cc1cccc(C(=O)Nc2ccc3c4c(cccc24)CC3)c1C. The molecule has 2 nitrogen and oxygen atoms in total. The zero-order chi connectivity index (χ0) is 16.0. The Hall–Kier alpha value is -2.61. The van der Waals surface area contributed by atoms with E-state index in [9.17, 15) is 4.79 Å². The number of hydrogen-bond donors (Lipinski definition) is 1. The molecule has 2 heteroatoms. The monoisotopic (exact) mass is 301 g/mol. The first-order valence-electron chi connectivity index (χ1n) is 8.06. The van der Waals surface area contributed by atoms with Gasteiger partial charge in [0.2, 0.25) is 0 Å². The Morgan fingerprint density at radius 2 is 1.65 bits per heavy atom. The molecule has 0 bridgehead atoms.